The van der Waals surface area contributed by atoms with Crippen LogP contribution < -0.4 is 5.32 Å². The molecule has 1 aromatic heterocycles. The number of piperazine rings is 1. The summed E-state index contributed by atoms with van der Waals surface area (Å²) in [6, 6.07) is 8.88. The molecule has 24 heavy (non-hydrogen) atoms. The number of benzene rings is 1. The lowest BCUT2D eigenvalue weighted by Gasteiger charge is -2.32. The Morgan fingerprint density at radius 1 is 1.17 bits per heavy atom. The van der Waals surface area contributed by atoms with Gasteiger partial charge in [-0.15, -0.1) is 0 Å². The lowest BCUT2D eigenvalue weighted by Crippen LogP contribution is -2.48. The zero-order valence-electron chi connectivity index (χ0n) is 12.9. The van der Waals surface area contributed by atoms with Gasteiger partial charge in [0.1, 0.15) is 17.8 Å². The first-order valence-corrected chi connectivity index (χ1v) is 7.87. The van der Waals surface area contributed by atoms with Crippen LogP contribution in [0.5, 0.6) is 0 Å². The Balaban J connectivity index is 1.72. The Hall–Kier alpha value is -2.67. The van der Waals surface area contributed by atoms with Crippen molar-refractivity contribution in [1.29, 1.82) is 0 Å². The van der Waals surface area contributed by atoms with Crippen LogP contribution in [0, 0.1) is 0 Å². The van der Waals surface area contributed by atoms with Crippen molar-refractivity contribution in [3.05, 3.63) is 47.4 Å². The first-order valence-electron chi connectivity index (χ1n) is 7.49. The normalized spacial score (nSPS) is 14.4. The molecule has 1 aromatic carbocycles. The Labute approximate surface area is 144 Å². The Bertz CT molecular complexity index is 747. The minimum Gasteiger partial charge on any atom is -0.342 e. The number of nitrogens with one attached hydrogen (secondary N) is 1. The average Bonchev–Trinajstić information content (AvgIpc) is 2.63. The first-order chi connectivity index (χ1) is 11.7. The molecule has 124 valence electrons. The number of halogens is 1. The summed E-state index contributed by atoms with van der Waals surface area (Å²) in [6.45, 7) is 2.06. The predicted molar refractivity (Wildman–Crippen MR) is 90.3 cm³/mol. The van der Waals surface area contributed by atoms with Gasteiger partial charge in [0.2, 0.25) is 6.41 Å². The largest absolute Gasteiger partial charge is 0.342 e. The molecule has 7 nitrogen and oxygen atoms in total. The van der Waals surface area contributed by atoms with Crippen LogP contribution in [-0.4, -0.2) is 58.3 Å². The summed E-state index contributed by atoms with van der Waals surface area (Å²) < 4.78 is 0. The molecule has 0 spiro atoms. The molecule has 2 aromatic rings. The van der Waals surface area contributed by atoms with E-state index in [4.69, 9.17) is 11.6 Å². The third kappa shape index (κ3) is 3.62. The summed E-state index contributed by atoms with van der Waals surface area (Å²) in [5.41, 5.74) is 1.01. The maximum Gasteiger partial charge on any atom is 0.272 e. The van der Waals surface area contributed by atoms with Gasteiger partial charge in [0.25, 0.3) is 5.91 Å². The zero-order valence-corrected chi connectivity index (χ0v) is 13.6. The molecular weight excluding hydrogens is 330 g/mol. The van der Waals surface area contributed by atoms with E-state index < -0.39 is 0 Å². The van der Waals surface area contributed by atoms with Crippen LogP contribution in [0.15, 0.2) is 36.7 Å². The van der Waals surface area contributed by atoms with E-state index >= 15 is 0 Å². The molecule has 1 saturated heterocycles. The molecule has 3 rings (SSSR count). The van der Waals surface area contributed by atoms with Crippen LogP contribution in [0.1, 0.15) is 10.5 Å². The van der Waals surface area contributed by atoms with Gasteiger partial charge in [0, 0.05) is 32.2 Å². The molecule has 0 atom stereocenters. The summed E-state index contributed by atoms with van der Waals surface area (Å²) in [6.07, 6.45) is 2.15. The highest BCUT2D eigenvalue weighted by atomic mass is 35.5. The smallest absolute Gasteiger partial charge is 0.272 e. The van der Waals surface area contributed by atoms with Crippen molar-refractivity contribution in [1.82, 2.24) is 19.8 Å². The van der Waals surface area contributed by atoms with Gasteiger partial charge in [-0.2, -0.15) is 0 Å². The van der Waals surface area contributed by atoms with Crippen LogP contribution in [0.25, 0.3) is 0 Å². The fraction of sp³-hybridized carbons (Fsp3) is 0.250. The molecule has 2 amide bonds. The van der Waals surface area contributed by atoms with E-state index in [1.54, 1.807) is 21.9 Å². The quantitative estimate of drug-likeness (QED) is 0.855. The van der Waals surface area contributed by atoms with Crippen molar-refractivity contribution in [3.63, 3.8) is 0 Å². The van der Waals surface area contributed by atoms with E-state index in [2.05, 4.69) is 15.3 Å². The van der Waals surface area contributed by atoms with E-state index in [1.807, 2.05) is 18.2 Å². The monoisotopic (exact) mass is 345 g/mol. The van der Waals surface area contributed by atoms with Gasteiger partial charge in [0.05, 0.1) is 10.7 Å². The number of aromatic nitrogens is 2. The molecule has 1 aliphatic rings. The van der Waals surface area contributed by atoms with Crippen molar-refractivity contribution < 1.29 is 9.59 Å². The number of hydrogen-bond acceptors (Lipinski definition) is 5. The lowest BCUT2D eigenvalue weighted by atomic mass is 10.2. The van der Waals surface area contributed by atoms with E-state index in [1.165, 1.54) is 6.33 Å². The minimum atomic E-state index is -0.176. The van der Waals surface area contributed by atoms with E-state index in [0.717, 1.165) is 6.41 Å². The molecule has 8 heteroatoms. The highest BCUT2D eigenvalue weighted by Gasteiger charge is 2.22. The molecule has 1 aliphatic heterocycles. The third-order valence-electron chi connectivity index (χ3n) is 3.77. The van der Waals surface area contributed by atoms with Gasteiger partial charge in [0.15, 0.2) is 0 Å². The highest BCUT2D eigenvalue weighted by Crippen LogP contribution is 2.24. The number of carbonyl (C=O) groups is 2. The van der Waals surface area contributed by atoms with Gasteiger partial charge in [-0.05, 0) is 12.1 Å². The van der Waals surface area contributed by atoms with Crippen LogP contribution in [0.3, 0.4) is 0 Å². The maximum atomic E-state index is 12.5. The van der Waals surface area contributed by atoms with Gasteiger partial charge in [-0.25, -0.2) is 9.97 Å². The molecule has 0 bridgehead atoms. The number of hydrogen-bond donors (Lipinski definition) is 1. The van der Waals surface area contributed by atoms with Crippen molar-refractivity contribution in [3.8, 4) is 0 Å². The lowest BCUT2D eigenvalue weighted by molar-refractivity contribution is -0.119. The second kappa shape index (κ2) is 7.27. The number of carbonyl (C=O) groups excluding carboxylic acids is 2. The average molecular weight is 346 g/mol. The van der Waals surface area contributed by atoms with Crippen molar-refractivity contribution in [2.75, 3.05) is 31.5 Å². The third-order valence-corrected chi connectivity index (χ3v) is 4.10. The second-order valence-corrected chi connectivity index (χ2v) is 5.73. The van der Waals surface area contributed by atoms with Gasteiger partial charge in [-0.3, -0.25) is 9.59 Å². The Morgan fingerprint density at radius 2 is 1.92 bits per heavy atom. The van der Waals surface area contributed by atoms with Gasteiger partial charge in [-0.1, -0.05) is 23.7 Å². The number of rotatable bonds is 4. The molecule has 1 fully saturated rings. The molecule has 0 unspecified atom stereocenters. The van der Waals surface area contributed by atoms with Crippen molar-refractivity contribution in [2.24, 2.45) is 0 Å². The maximum absolute atomic E-state index is 12.5. The molecule has 0 aliphatic carbocycles. The second-order valence-electron chi connectivity index (χ2n) is 5.33. The number of para-hydroxylation sites is 1. The minimum absolute atomic E-state index is 0.176. The van der Waals surface area contributed by atoms with E-state index in [-0.39, 0.29) is 5.91 Å². The molecule has 2 heterocycles. The van der Waals surface area contributed by atoms with Crippen molar-refractivity contribution >= 4 is 35.4 Å². The van der Waals surface area contributed by atoms with Crippen LogP contribution in [0.2, 0.25) is 5.02 Å². The van der Waals surface area contributed by atoms with E-state index in [0.29, 0.717) is 48.4 Å². The fourth-order valence-electron chi connectivity index (χ4n) is 2.44. The fourth-order valence-corrected chi connectivity index (χ4v) is 2.62. The number of nitrogens with zero attached hydrogens (tertiary/aromatic N) is 4. The topological polar surface area (TPSA) is 78.4 Å². The molecular formula is C16H16ClN5O2. The van der Waals surface area contributed by atoms with Crippen LogP contribution in [-0.2, 0) is 4.79 Å². The number of anilines is 2. The highest BCUT2D eigenvalue weighted by molar-refractivity contribution is 6.33. The van der Waals surface area contributed by atoms with Crippen LogP contribution in [0.4, 0.5) is 11.5 Å². The van der Waals surface area contributed by atoms with Crippen LogP contribution >= 0.6 is 11.6 Å². The summed E-state index contributed by atoms with van der Waals surface area (Å²) >= 11 is 6.11. The summed E-state index contributed by atoms with van der Waals surface area (Å²) in [4.78, 5) is 34.8. The van der Waals surface area contributed by atoms with Gasteiger partial charge < -0.3 is 15.1 Å². The Kier molecular flexibility index (Phi) is 4.90. The first kappa shape index (κ1) is 16.2. The Morgan fingerprint density at radius 3 is 2.62 bits per heavy atom. The SMILES string of the molecule is O=CN1CCN(C(=O)c2cc(Nc3ccccc3Cl)ncn2)CC1. The molecule has 0 radical (unpaired) electrons. The summed E-state index contributed by atoms with van der Waals surface area (Å²) in [7, 11) is 0. The summed E-state index contributed by atoms with van der Waals surface area (Å²) in [5, 5.41) is 3.64. The molecule has 0 saturated carbocycles. The summed E-state index contributed by atoms with van der Waals surface area (Å²) in [5.74, 6) is 0.318. The predicted octanol–water partition coefficient (Wildman–Crippen LogP) is 1.79. The van der Waals surface area contributed by atoms with Crippen molar-refractivity contribution in [2.45, 2.75) is 0 Å². The standard InChI is InChI=1S/C16H16ClN5O2/c17-12-3-1-2-4-13(12)20-15-9-14(18-10-19-15)16(24)22-7-5-21(11-23)6-8-22/h1-4,9-11H,5-8H2,(H,18,19,20). The van der Waals surface area contributed by atoms with Gasteiger partial charge >= 0.3 is 0 Å². The van der Waals surface area contributed by atoms with E-state index in [9.17, 15) is 9.59 Å². The molecule has 1 N–H and O–H groups in total. The number of amides is 2. The zero-order chi connectivity index (χ0) is 16.9.